The second-order valence-electron chi connectivity index (χ2n) is 5.20. The molecule has 0 aromatic heterocycles. The number of carbonyl (C=O) groups excluding carboxylic acids is 1. The fourth-order valence-corrected chi connectivity index (χ4v) is 2.74. The van der Waals surface area contributed by atoms with Crippen molar-refractivity contribution in [2.45, 2.75) is 6.42 Å². The van der Waals surface area contributed by atoms with Crippen LogP contribution in [0.25, 0.3) is 5.57 Å². The van der Waals surface area contributed by atoms with E-state index in [1.165, 1.54) is 5.56 Å². The number of esters is 1. The minimum absolute atomic E-state index is 0.365. The van der Waals surface area contributed by atoms with Gasteiger partial charge in [-0.25, -0.2) is 9.79 Å². The molecule has 0 spiro atoms. The maximum absolute atomic E-state index is 12.2. The van der Waals surface area contributed by atoms with Gasteiger partial charge in [0.05, 0.1) is 0 Å². The summed E-state index contributed by atoms with van der Waals surface area (Å²) in [4.78, 5) is 16.7. The number of hydrogen-bond donors (Lipinski definition) is 0. The average Bonchev–Trinajstić information content (AvgIpc) is 2.97. The Morgan fingerprint density at radius 1 is 0.955 bits per heavy atom. The normalized spacial score (nSPS) is 19.6. The molecular weight excluding hydrogens is 274 g/mol. The minimum atomic E-state index is -0.393. The Hall–Kier alpha value is -2.94. The van der Waals surface area contributed by atoms with Crippen molar-refractivity contribution in [3.8, 4) is 0 Å². The van der Waals surface area contributed by atoms with Gasteiger partial charge in [-0.3, -0.25) is 0 Å². The Morgan fingerprint density at radius 3 is 2.59 bits per heavy atom. The Bertz CT molecular complexity index is 845. The molecule has 4 rings (SSSR count). The van der Waals surface area contributed by atoms with Crippen molar-refractivity contribution in [1.29, 1.82) is 0 Å². The Balaban J connectivity index is 1.85. The Labute approximate surface area is 128 Å². The van der Waals surface area contributed by atoms with Gasteiger partial charge in [-0.2, -0.15) is 0 Å². The molecule has 2 aliphatic rings. The van der Waals surface area contributed by atoms with Crippen LogP contribution in [0.1, 0.15) is 16.7 Å². The van der Waals surface area contributed by atoms with Crippen molar-refractivity contribution < 1.29 is 9.53 Å². The van der Waals surface area contributed by atoms with Gasteiger partial charge in [0.15, 0.2) is 5.70 Å². The highest BCUT2D eigenvalue weighted by atomic mass is 16.6. The van der Waals surface area contributed by atoms with Gasteiger partial charge in [-0.05, 0) is 29.7 Å². The Kier molecular flexibility index (Phi) is 2.97. The molecule has 3 nitrogen and oxygen atoms in total. The number of allylic oxidation sites excluding steroid dienone is 3. The lowest BCUT2D eigenvalue weighted by Gasteiger charge is -2.13. The van der Waals surface area contributed by atoms with E-state index in [0.29, 0.717) is 11.6 Å². The van der Waals surface area contributed by atoms with E-state index in [0.717, 1.165) is 23.1 Å². The van der Waals surface area contributed by atoms with Crippen molar-refractivity contribution in [2.24, 2.45) is 4.99 Å². The summed E-state index contributed by atoms with van der Waals surface area (Å²) in [6, 6.07) is 17.5. The topological polar surface area (TPSA) is 38.7 Å². The van der Waals surface area contributed by atoms with Gasteiger partial charge >= 0.3 is 5.97 Å². The molecule has 0 bridgehead atoms. The lowest BCUT2D eigenvalue weighted by atomic mass is 9.91. The molecule has 0 N–H and O–H groups in total. The van der Waals surface area contributed by atoms with Crippen LogP contribution in [-0.2, 0) is 16.0 Å². The molecule has 106 valence electrons. The summed E-state index contributed by atoms with van der Waals surface area (Å²) in [5.41, 5.74) is 4.26. The monoisotopic (exact) mass is 287 g/mol. The number of benzene rings is 2. The number of hydrogen-bond acceptors (Lipinski definition) is 3. The second kappa shape index (κ2) is 5.11. The van der Waals surface area contributed by atoms with Crippen LogP contribution in [0.3, 0.4) is 0 Å². The highest BCUT2D eigenvalue weighted by Gasteiger charge is 2.28. The van der Waals surface area contributed by atoms with Crippen molar-refractivity contribution in [1.82, 2.24) is 0 Å². The third kappa shape index (κ3) is 2.07. The SMILES string of the molecule is O=C1OC(c2ccccc2)=NC1=C1C=CCc2ccccc21. The zero-order chi connectivity index (χ0) is 14.9. The van der Waals surface area contributed by atoms with Crippen molar-refractivity contribution >= 4 is 17.4 Å². The summed E-state index contributed by atoms with van der Waals surface area (Å²) in [5, 5.41) is 0. The maximum Gasteiger partial charge on any atom is 0.364 e. The molecule has 22 heavy (non-hydrogen) atoms. The summed E-state index contributed by atoms with van der Waals surface area (Å²) in [7, 11) is 0. The fourth-order valence-electron chi connectivity index (χ4n) is 2.74. The van der Waals surface area contributed by atoms with Gasteiger partial charge in [0, 0.05) is 11.1 Å². The number of cyclic esters (lactones) is 1. The van der Waals surface area contributed by atoms with E-state index >= 15 is 0 Å². The number of nitrogens with zero attached hydrogens (tertiary/aromatic N) is 1. The fraction of sp³-hybridized carbons (Fsp3) is 0.0526. The molecule has 3 heteroatoms. The third-order valence-electron chi connectivity index (χ3n) is 3.80. The molecule has 1 aliphatic heterocycles. The van der Waals surface area contributed by atoms with Gasteiger partial charge in [0.2, 0.25) is 5.90 Å². The van der Waals surface area contributed by atoms with Crippen molar-refractivity contribution in [3.63, 3.8) is 0 Å². The first-order chi connectivity index (χ1) is 10.8. The van der Waals surface area contributed by atoms with E-state index in [4.69, 9.17) is 4.74 Å². The van der Waals surface area contributed by atoms with Gasteiger partial charge in [0.1, 0.15) is 0 Å². The molecule has 0 unspecified atom stereocenters. The summed E-state index contributed by atoms with van der Waals surface area (Å²) in [6.07, 6.45) is 4.88. The summed E-state index contributed by atoms with van der Waals surface area (Å²) in [6.45, 7) is 0. The molecule has 0 atom stereocenters. The molecule has 0 radical (unpaired) electrons. The van der Waals surface area contributed by atoms with Crippen LogP contribution in [0.15, 0.2) is 77.4 Å². The van der Waals surface area contributed by atoms with Crippen molar-refractivity contribution in [2.75, 3.05) is 0 Å². The van der Waals surface area contributed by atoms with Gasteiger partial charge < -0.3 is 4.74 Å². The molecule has 0 saturated carbocycles. The predicted octanol–water partition coefficient (Wildman–Crippen LogP) is 3.51. The van der Waals surface area contributed by atoms with E-state index in [9.17, 15) is 4.79 Å². The largest absolute Gasteiger partial charge is 0.402 e. The van der Waals surface area contributed by atoms with Gasteiger partial charge in [-0.15, -0.1) is 0 Å². The van der Waals surface area contributed by atoms with Crippen LogP contribution < -0.4 is 0 Å². The van der Waals surface area contributed by atoms with E-state index in [1.807, 2.05) is 60.7 Å². The quantitative estimate of drug-likeness (QED) is 0.594. The third-order valence-corrected chi connectivity index (χ3v) is 3.80. The number of rotatable bonds is 1. The lowest BCUT2D eigenvalue weighted by molar-refractivity contribution is -0.129. The van der Waals surface area contributed by atoms with Crippen LogP contribution in [0.2, 0.25) is 0 Å². The molecule has 1 aliphatic carbocycles. The van der Waals surface area contributed by atoms with Crippen LogP contribution in [0.5, 0.6) is 0 Å². The maximum atomic E-state index is 12.2. The second-order valence-corrected chi connectivity index (χ2v) is 5.20. The smallest absolute Gasteiger partial charge is 0.364 e. The number of ether oxygens (including phenoxy) is 1. The van der Waals surface area contributed by atoms with Crippen LogP contribution in [0, 0.1) is 0 Å². The van der Waals surface area contributed by atoms with Crippen LogP contribution in [-0.4, -0.2) is 11.9 Å². The summed E-state index contributed by atoms with van der Waals surface area (Å²) >= 11 is 0. The molecule has 0 fully saturated rings. The average molecular weight is 287 g/mol. The van der Waals surface area contributed by atoms with E-state index in [2.05, 4.69) is 11.1 Å². The first kappa shape index (κ1) is 12.8. The zero-order valence-corrected chi connectivity index (χ0v) is 11.8. The predicted molar refractivity (Wildman–Crippen MR) is 85.3 cm³/mol. The first-order valence-electron chi connectivity index (χ1n) is 7.18. The van der Waals surface area contributed by atoms with Crippen LogP contribution in [0.4, 0.5) is 0 Å². The van der Waals surface area contributed by atoms with Gasteiger partial charge in [0.25, 0.3) is 0 Å². The standard InChI is InChI=1S/C19H13NO2/c21-19-17(20-18(22-19)14-8-2-1-3-9-14)16-12-6-10-13-7-4-5-11-15(13)16/h1-9,11-12H,10H2. The highest BCUT2D eigenvalue weighted by molar-refractivity contribution is 6.15. The highest BCUT2D eigenvalue weighted by Crippen LogP contribution is 2.31. The Morgan fingerprint density at radius 2 is 1.73 bits per heavy atom. The molecule has 2 aromatic rings. The number of carbonyl (C=O) groups is 1. The molecule has 0 amide bonds. The van der Waals surface area contributed by atoms with E-state index in [-0.39, 0.29) is 0 Å². The number of fused-ring (bicyclic) bond motifs is 1. The molecular formula is C19H13NO2. The first-order valence-corrected chi connectivity index (χ1v) is 7.18. The minimum Gasteiger partial charge on any atom is -0.402 e. The summed E-state index contributed by atoms with van der Waals surface area (Å²) in [5.74, 6) is -0.0280. The van der Waals surface area contributed by atoms with Crippen molar-refractivity contribution in [3.05, 3.63) is 89.1 Å². The summed E-state index contributed by atoms with van der Waals surface area (Å²) < 4.78 is 5.35. The molecule has 2 aromatic carbocycles. The molecule has 1 heterocycles. The van der Waals surface area contributed by atoms with Gasteiger partial charge in [-0.1, -0.05) is 54.6 Å². The van der Waals surface area contributed by atoms with Crippen LogP contribution >= 0.6 is 0 Å². The zero-order valence-electron chi connectivity index (χ0n) is 11.8. The van der Waals surface area contributed by atoms with E-state index < -0.39 is 5.97 Å². The lowest BCUT2D eigenvalue weighted by Crippen LogP contribution is -2.06. The molecule has 0 saturated heterocycles. The van der Waals surface area contributed by atoms with E-state index in [1.54, 1.807) is 0 Å². The number of aliphatic imine (C=N–C) groups is 1.